The van der Waals surface area contributed by atoms with Gasteiger partial charge >= 0.3 is 118 Å². The Morgan fingerprint density at radius 2 is 1.37 bits per heavy atom. The normalized spacial score (nSPS) is 25.1. The predicted octanol–water partition coefficient (Wildman–Crippen LogP) is 4.22. The molecule has 0 aromatic carbocycles. The molecule has 0 radical (unpaired) electrons. The fourth-order valence-electron chi connectivity index (χ4n) is 2.02. The Morgan fingerprint density at radius 3 is 1.74 bits per heavy atom. The van der Waals surface area contributed by atoms with Crippen molar-refractivity contribution in [2.45, 2.75) is 62.8 Å². The van der Waals surface area contributed by atoms with E-state index in [0.717, 1.165) is 25.7 Å². The van der Waals surface area contributed by atoms with Crippen molar-refractivity contribution < 1.29 is 36.1 Å². The molecule has 0 atom stereocenters. The van der Waals surface area contributed by atoms with Gasteiger partial charge in [-0.15, -0.1) is 0 Å². The predicted molar refractivity (Wildman–Crippen MR) is 68.0 cm³/mol. The molecule has 1 fully saturated rings. The summed E-state index contributed by atoms with van der Waals surface area (Å²) < 4.78 is 24.9. The van der Waals surface area contributed by atoms with Gasteiger partial charge in [0.1, 0.15) is 0 Å². The Hall–Kier alpha value is 0.354. The molecule has 114 valence electrons. The van der Waals surface area contributed by atoms with E-state index in [9.17, 15) is 3.32 Å². The van der Waals surface area contributed by atoms with Crippen molar-refractivity contribution in [3.8, 4) is 0 Å². The second-order valence-corrected chi connectivity index (χ2v) is 12.8. The van der Waals surface area contributed by atoms with Crippen LogP contribution in [0.1, 0.15) is 53.4 Å². The molecule has 0 amide bonds. The molecule has 0 N–H and O–H groups in total. The zero-order chi connectivity index (χ0) is 14.4. The SMILES string of the molecule is CCC[CH2][Ti]1(=[O])([CH2]CCC)[O]OCC(C)(C)CO[O]1. The number of hydrogen-bond donors (Lipinski definition) is 0. The van der Waals surface area contributed by atoms with Crippen molar-refractivity contribution >= 4 is 0 Å². The van der Waals surface area contributed by atoms with Gasteiger partial charge in [0.15, 0.2) is 0 Å². The van der Waals surface area contributed by atoms with Crippen LogP contribution in [0, 0.1) is 5.41 Å². The van der Waals surface area contributed by atoms with Gasteiger partial charge in [-0.1, -0.05) is 0 Å². The summed E-state index contributed by atoms with van der Waals surface area (Å²) in [5.74, 6) is 0. The Bertz CT molecular complexity index is 310. The third kappa shape index (κ3) is 5.33. The molecule has 1 heterocycles. The van der Waals surface area contributed by atoms with Gasteiger partial charge in [-0.25, -0.2) is 0 Å². The monoisotopic (exact) mass is 312 g/mol. The van der Waals surface area contributed by atoms with Crippen LogP contribution in [0.3, 0.4) is 0 Å². The summed E-state index contributed by atoms with van der Waals surface area (Å²) in [4.78, 5) is 10.5. The molecule has 1 aliphatic rings. The van der Waals surface area contributed by atoms with E-state index in [4.69, 9.17) is 16.7 Å². The first-order valence-corrected chi connectivity index (χ1v) is 11.5. The maximum atomic E-state index is 13.3. The summed E-state index contributed by atoms with van der Waals surface area (Å²) in [5.41, 5.74) is -0.207. The van der Waals surface area contributed by atoms with E-state index in [2.05, 4.69) is 0 Å². The average molecular weight is 312 g/mol. The van der Waals surface area contributed by atoms with Crippen LogP contribution in [0.2, 0.25) is 9.45 Å². The first kappa shape index (κ1) is 17.4. The van der Waals surface area contributed by atoms with Crippen LogP contribution in [0.4, 0.5) is 0 Å². The third-order valence-corrected chi connectivity index (χ3v) is 9.07. The molecule has 0 bridgehead atoms. The van der Waals surface area contributed by atoms with E-state index in [-0.39, 0.29) is 5.41 Å². The topological polar surface area (TPSA) is 54.0 Å². The van der Waals surface area contributed by atoms with Gasteiger partial charge in [-0.2, -0.15) is 0 Å². The van der Waals surface area contributed by atoms with Crippen LogP contribution >= 0.6 is 0 Å². The molecule has 0 spiro atoms. The van der Waals surface area contributed by atoms with Crippen molar-refractivity contribution in [3.63, 3.8) is 0 Å². The molecule has 1 saturated heterocycles. The number of hydrogen-bond acceptors (Lipinski definition) is 5. The van der Waals surface area contributed by atoms with Crippen LogP contribution in [-0.4, -0.2) is 13.2 Å². The zero-order valence-corrected chi connectivity index (χ0v) is 14.3. The van der Waals surface area contributed by atoms with Crippen molar-refractivity contribution in [1.82, 2.24) is 0 Å². The van der Waals surface area contributed by atoms with E-state index < -0.39 is 16.1 Å². The number of unbranched alkanes of at least 4 members (excludes halogenated alkanes) is 2. The molecule has 0 aromatic heterocycles. The van der Waals surface area contributed by atoms with Crippen molar-refractivity contribution in [3.05, 3.63) is 0 Å². The molecule has 0 aromatic rings. The Labute approximate surface area is 118 Å². The van der Waals surface area contributed by atoms with Crippen molar-refractivity contribution in [1.29, 1.82) is 0 Å². The fourth-order valence-corrected chi connectivity index (χ4v) is 7.22. The molecular formula is C13H28O5Ti. The molecule has 0 saturated carbocycles. The van der Waals surface area contributed by atoms with Gasteiger partial charge in [-0.05, 0) is 0 Å². The number of rotatable bonds is 6. The summed E-state index contributed by atoms with van der Waals surface area (Å²) in [5, 5.41) is 0. The van der Waals surface area contributed by atoms with Gasteiger partial charge in [-0.3, -0.25) is 0 Å². The molecule has 6 heteroatoms. The summed E-state index contributed by atoms with van der Waals surface area (Å²) in [7, 11) is 0. The third-order valence-electron chi connectivity index (χ3n) is 3.42. The van der Waals surface area contributed by atoms with Gasteiger partial charge in [0.05, 0.1) is 0 Å². The van der Waals surface area contributed by atoms with Crippen LogP contribution in [0.15, 0.2) is 0 Å². The van der Waals surface area contributed by atoms with E-state index >= 15 is 0 Å². The standard InChI is InChI=1S/C5H12O4.2C4H9.O.Ti/c1-5(2,3-8-6)4-9-7;2*1-3-4-2;;/h6-7H,3-4H2,1-2H3;2*1,3-4H2,2H3;;/q;;;;+2/p-2. The molecule has 0 unspecified atom stereocenters. The van der Waals surface area contributed by atoms with Crippen molar-refractivity contribution in [2.75, 3.05) is 13.2 Å². The van der Waals surface area contributed by atoms with E-state index in [1.54, 1.807) is 0 Å². The molecule has 1 aliphatic heterocycles. The summed E-state index contributed by atoms with van der Waals surface area (Å²) in [6.45, 7) is 8.78. The van der Waals surface area contributed by atoms with Crippen LogP contribution in [0.5, 0.6) is 0 Å². The summed E-state index contributed by atoms with van der Waals surface area (Å²) in [6, 6.07) is 0. The molecular weight excluding hydrogens is 284 g/mol. The van der Waals surface area contributed by atoms with Crippen molar-refractivity contribution in [2.24, 2.45) is 5.41 Å². The first-order chi connectivity index (χ1) is 8.83. The Kier molecular flexibility index (Phi) is 6.30. The molecule has 19 heavy (non-hydrogen) atoms. The molecule has 0 aliphatic carbocycles. The van der Waals surface area contributed by atoms with E-state index in [0.29, 0.717) is 22.7 Å². The summed E-state index contributed by atoms with van der Waals surface area (Å²) >= 11 is -4.81. The fraction of sp³-hybridized carbons (Fsp3) is 1.00. The van der Waals surface area contributed by atoms with Gasteiger partial charge in [0.2, 0.25) is 0 Å². The van der Waals surface area contributed by atoms with Crippen LogP contribution in [0.25, 0.3) is 0 Å². The zero-order valence-electron chi connectivity index (χ0n) is 12.7. The van der Waals surface area contributed by atoms with Gasteiger partial charge < -0.3 is 0 Å². The van der Waals surface area contributed by atoms with Crippen LogP contribution in [-0.2, 0) is 36.1 Å². The summed E-state index contributed by atoms with van der Waals surface area (Å²) in [6.07, 6.45) is 3.46. The van der Waals surface area contributed by atoms with Crippen LogP contribution < -0.4 is 0 Å². The first-order valence-electron chi connectivity index (χ1n) is 7.35. The quantitative estimate of drug-likeness (QED) is 0.543. The second kappa shape index (κ2) is 6.88. The maximum absolute atomic E-state index is 13.3. The Balaban J connectivity index is 2.81. The van der Waals surface area contributed by atoms with Gasteiger partial charge in [0, 0.05) is 0 Å². The minimum absolute atomic E-state index is 0.207. The average Bonchev–Trinajstić information content (AvgIpc) is 2.33. The molecule has 5 nitrogen and oxygen atoms in total. The van der Waals surface area contributed by atoms with E-state index in [1.807, 2.05) is 27.7 Å². The van der Waals surface area contributed by atoms with Gasteiger partial charge in [0.25, 0.3) is 0 Å². The second-order valence-electron chi connectivity index (χ2n) is 6.43. The molecule has 1 rings (SSSR count). The van der Waals surface area contributed by atoms with E-state index in [1.165, 1.54) is 0 Å². The Morgan fingerprint density at radius 1 is 0.947 bits per heavy atom. The minimum atomic E-state index is -4.81.